The first kappa shape index (κ1) is 19.5. The lowest BCUT2D eigenvalue weighted by Gasteiger charge is -2.12. The summed E-state index contributed by atoms with van der Waals surface area (Å²) in [6, 6.07) is 9.81. The normalized spacial score (nSPS) is 15.5. The number of ether oxygens (including phenoxy) is 1. The molecule has 4 rings (SSSR count). The number of hydrogen-bond acceptors (Lipinski definition) is 6. The number of rotatable bonds is 6. The van der Waals surface area contributed by atoms with Gasteiger partial charge in [0.25, 0.3) is 5.91 Å². The van der Waals surface area contributed by atoms with E-state index in [0.29, 0.717) is 29.3 Å². The highest BCUT2D eigenvalue weighted by Crippen LogP contribution is 2.16. The molecule has 30 heavy (non-hydrogen) atoms. The number of carbonyl (C=O) groups is 2. The minimum atomic E-state index is -0.292. The molecule has 154 valence electrons. The number of hydrogen-bond donors (Lipinski definition) is 3. The number of nitrogens with zero attached hydrogens (tertiary/aromatic N) is 4. The van der Waals surface area contributed by atoms with E-state index in [0.717, 1.165) is 19.4 Å². The number of carbonyl (C=O) groups excluding carboxylic acids is 2. The number of amides is 3. The van der Waals surface area contributed by atoms with Gasteiger partial charge in [0, 0.05) is 36.3 Å². The van der Waals surface area contributed by atoms with Crippen molar-refractivity contribution in [2.45, 2.75) is 18.9 Å². The number of pyridine rings is 1. The Bertz CT molecular complexity index is 1000. The lowest BCUT2D eigenvalue weighted by Crippen LogP contribution is -2.35. The van der Waals surface area contributed by atoms with Crippen LogP contribution in [0.2, 0.25) is 0 Å². The molecule has 1 saturated heterocycles. The molecule has 1 fully saturated rings. The molecule has 0 spiro atoms. The van der Waals surface area contributed by atoms with Crippen molar-refractivity contribution in [2.75, 3.05) is 23.8 Å². The van der Waals surface area contributed by atoms with Crippen molar-refractivity contribution >= 4 is 23.3 Å². The van der Waals surface area contributed by atoms with E-state index in [4.69, 9.17) is 4.74 Å². The molecule has 0 saturated carbocycles. The van der Waals surface area contributed by atoms with Crippen LogP contribution in [-0.4, -0.2) is 50.9 Å². The molecule has 10 heteroatoms. The number of nitrogens with one attached hydrogen (secondary N) is 3. The van der Waals surface area contributed by atoms with Gasteiger partial charge in [-0.1, -0.05) is 0 Å². The molecule has 2 aromatic heterocycles. The molecule has 3 N–H and O–H groups in total. The second-order valence-electron chi connectivity index (χ2n) is 6.74. The maximum Gasteiger partial charge on any atom is 0.319 e. The van der Waals surface area contributed by atoms with Crippen LogP contribution in [0.3, 0.4) is 0 Å². The van der Waals surface area contributed by atoms with Crippen molar-refractivity contribution in [3.8, 4) is 5.82 Å². The molecule has 0 aliphatic carbocycles. The zero-order valence-electron chi connectivity index (χ0n) is 16.1. The van der Waals surface area contributed by atoms with Crippen molar-refractivity contribution < 1.29 is 14.3 Å². The molecule has 1 unspecified atom stereocenters. The molecular formula is C20H21N7O3. The van der Waals surface area contributed by atoms with Gasteiger partial charge >= 0.3 is 6.03 Å². The molecule has 1 atom stereocenters. The fourth-order valence-corrected chi connectivity index (χ4v) is 3.04. The smallest absolute Gasteiger partial charge is 0.319 e. The Morgan fingerprint density at radius 2 is 1.93 bits per heavy atom. The van der Waals surface area contributed by atoms with Crippen molar-refractivity contribution in [1.82, 2.24) is 25.1 Å². The van der Waals surface area contributed by atoms with Crippen molar-refractivity contribution in [3.63, 3.8) is 0 Å². The summed E-state index contributed by atoms with van der Waals surface area (Å²) in [5, 5.41) is 12.4. The summed E-state index contributed by atoms with van der Waals surface area (Å²) < 4.78 is 6.95. The topological polar surface area (TPSA) is 123 Å². The molecule has 1 aliphatic rings. The van der Waals surface area contributed by atoms with Crippen molar-refractivity contribution in [1.29, 1.82) is 0 Å². The maximum atomic E-state index is 12.5. The van der Waals surface area contributed by atoms with Crippen LogP contribution >= 0.6 is 0 Å². The second-order valence-corrected chi connectivity index (χ2v) is 6.74. The van der Waals surface area contributed by atoms with Crippen molar-refractivity contribution in [3.05, 3.63) is 60.8 Å². The Balaban J connectivity index is 1.31. The molecule has 1 aliphatic heterocycles. The van der Waals surface area contributed by atoms with E-state index >= 15 is 0 Å². The van der Waals surface area contributed by atoms with Gasteiger partial charge in [0.15, 0.2) is 5.82 Å². The van der Waals surface area contributed by atoms with E-state index in [-0.39, 0.29) is 18.0 Å². The quantitative estimate of drug-likeness (QED) is 0.576. The summed E-state index contributed by atoms with van der Waals surface area (Å²) in [5.74, 6) is 0.211. The van der Waals surface area contributed by atoms with E-state index in [1.165, 1.54) is 23.5 Å². The zero-order valence-corrected chi connectivity index (χ0v) is 16.1. The lowest BCUT2D eigenvalue weighted by atomic mass is 10.2. The highest BCUT2D eigenvalue weighted by Gasteiger charge is 2.16. The summed E-state index contributed by atoms with van der Waals surface area (Å²) >= 11 is 0. The third kappa shape index (κ3) is 4.97. The Kier molecular flexibility index (Phi) is 5.95. The van der Waals surface area contributed by atoms with Crippen LogP contribution in [0.5, 0.6) is 0 Å². The van der Waals surface area contributed by atoms with Crippen LogP contribution in [0, 0.1) is 0 Å². The van der Waals surface area contributed by atoms with E-state index in [9.17, 15) is 9.59 Å². The standard InChI is InChI=1S/C20H21N7O3/c28-19(14-7-8-22-18(10-14)27-13-21-12-24-27)25-15-3-5-16(6-4-15)26-20(29)23-11-17-2-1-9-30-17/h3-8,10,12-13,17H,1-2,9,11H2,(H,25,28)(H2,23,26,29). The maximum absolute atomic E-state index is 12.5. The minimum Gasteiger partial charge on any atom is -0.376 e. The first-order valence-electron chi connectivity index (χ1n) is 9.56. The van der Waals surface area contributed by atoms with Gasteiger partial charge in [0.2, 0.25) is 0 Å². The van der Waals surface area contributed by atoms with Crippen LogP contribution in [0.1, 0.15) is 23.2 Å². The molecule has 0 radical (unpaired) electrons. The summed E-state index contributed by atoms with van der Waals surface area (Å²) in [5.41, 5.74) is 1.66. The summed E-state index contributed by atoms with van der Waals surface area (Å²) in [6.07, 6.45) is 6.52. The van der Waals surface area contributed by atoms with Gasteiger partial charge in [-0.2, -0.15) is 5.10 Å². The second kappa shape index (κ2) is 9.14. The molecule has 0 bridgehead atoms. The SMILES string of the molecule is O=C(NCC1CCCO1)Nc1ccc(NC(=O)c2ccnc(-n3cncn3)c2)cc1. The number of urea groups is 1. The number of anilines is 2. The van der Waals surface area contributed by atoms with Crippen LogP contribution < -0.4 is 16.0 Å². The Hall–Kier alpha value is -3.79. The van der Waals surface area contributed by atoms with Crippen LogP contribution in [0.4, 0.5) is 16.2 Å². The minimum absolute atomic E-state index is 0.0894. The highest BCUT2D eigenvalue weighted by atomic mass is 16.5. The number of aromatic nitrogens is 4. The largest absolute Gasteiger partial charge is 0.376 e. The van der Waals surface area contributed by atoms with E-state index in [1.807, 2.05) is 0 Å². The Labute approximate surface area is 172 Å². The van der Waals surface area contributed by atoms with E-state index < -0.39 is 0 Å². The first-order chi connectivity index (χ1) is 14.7. The Morgan fingerprint density at radius 3 is 2.63 bits per heavy atom. The van der Waals surface area contributed by atoms with Gasteiger partial charge in [-0.3, -0.25) is 4.79 Å². The van der Waals surface area contributed by atoms with Gasteiger partial charge in [-0.25, -0.2) is 19.4 Å². The molecule has 3 heterocycles. The molecular weight excluding hydrogens is 386 g/mol. The molecule has 10 nitrogen and oxygen atoms in total. The third-order valence-corrected chi connectivity index (χ3v) is 4.58. The monoisotopic (exact) mass is 407 g/mol. The van der Waals surface area contributed by atoms with Gasteiger partial charge in [0.05, 0.1) is 6.10 Å². The summed E-state index contributed by atoms with van der Waals surface area (Å²) in [7, 11) is 0. The van der Waals surface area contributed by atoms with Crippen molar-refractivity contribution in [2.24, 2.45) is 0 Å². The Morgan fingerprint density at radius 1 is 1.13 bits per heavy atom. The average molecular weight is 407 g/mol. The van der Waals surface area contributed by atoms with Gasteiger partial charge < -0.3 is 20.7 Å². The first-order valence-corrected chi connectivity index (χ1v) is 9.56. The average Bonchev–Trinajstić information content (AvgIpc) is 3.48. The lowest BCUT2D eigenvalue weighted by molar-refractivity contribution is 0.102. The predicted molar refractivity (Wildman–Crippen MR) is 110 cm³/mol. The summed E-state index contributed by atoms with van der Waals surface area (Å²) in [6.45, 7) is 1.24. The zero-order chi connectivity index (χ0) is 20.8. The van der Waals surface area contributed by atoms with Gasteiger partial charge in [0.1, 0.15) is 12.7 Å². The van der Waals surface area contributed by atoms with E-state index in [1.54, 1.807) is 36.4 Å². The van der Waals surface area contributed by atoms with Crippen LogP contribution in [0.25, 0.3) is 5.82 Å². The van der Waals surface area contributed by atoms with E-state index in [2.05, 4.69) is 31.0 Å². The molecule has 3 aromatic rings. The molecule has 3 amide bonds. The fourth-order valence-electron chi connectivity index (χ4n) is 3.04. The summed E-state index contributed by atoms with van der Waals surface area (Å²) in [4.78, 5) is 32.6. The van der Waals surface area contributed by atoms with Gasteiger partial charge in [-0.15, -0.1) is 0 Å². The number of benzene rings is 1. The van der Waals surface area contributed by atoms with Crippen LogP contribution in [-0.2, 0) is 4.74 Å². The van der Waals surface area contributed by atoms with Crippen LogP contribution in [0.15, 0.2) is 55.2 Å². The third-order valence-electron chi connectivity index (χ3n) is 4.58. The highest BCUT2D eigenvalue weighted by molar-refractivity contribution is 6.04. The molecule has 1 aromatic carbocycles. The van der Waals surface area contributed by atoms with Gasteiger partial charge in [-0.05, 0) is 49.2 Å². The fraction of sp³-hybridized carbons (Fsp3) is 0.250. The predicted octanol–water partition coefficient (Wildman–Crippen LogP) is 2.22.